The number of nitrogens with one attached hydrogen (secondary N) is 1. The summed E-state index contributed by atoms with van der Waals surface area (Å²) in [7, 11) is 1.20. The van der Waals surface area contributed by atoms with Crippen molar-refractivity contribution in [2.45, 2.75) is 84.1 Å². The maximum atomic E-state index is 13.0. The Hall–Kier alpha value is -2.61. The van der Waals surface area contributed by atoms with Gasteiger partial charge in [0, 0.05) is 6.42 Å². The van der Waals surface area contributed by atoms with E-state index in [0.29, 0.717) is 5.75 Å². The lowest BCUT2D eigenvalue weighted by Gasteiger charge is -2.26. The number of benzene rings is 1. The van der Waals surface area contributed by atoms with E-state index < -0.39 is 35.0 Å². The molecule has 0 radical (unpaired) electrons. The molecule has 0 bridgehead atoms. The first-order valence-electron chi connectivity index (χ1n) is 10.2. The lowest BCUT2D eigenvalue weighted by Crippen LogP contribution is -2.52. The number of rotatable bonds is 8. The molecule has 0 saturated heterocycles. The van der Waals surface area contributed by atoms with Gasteiger partial charge in [-0.05, 0) is 72.6 Å². The molecule has 1 amide bonds. The number of ether oxygens (including phenoxy) is 3. The van der Waals surface area contributed by atoms with E-state index >= 15 is 0 Å². The Morgan fingerprint density at radius 1 is 0.968 bits per heavy atom. The third-order valence-corrected chi connectivity index (χ3v) is 4.06. The van der Waals surface area contributed by atoms with Crippen LogP contribution in [0.5, 0.6) is 5.75 Å². The van der Waals surface area contributed by atoms with Crippen LogP contribution in [0.1, 0.15) is 60.5 Å². The summed E-state index contributed by atoms with van der Waals surface area (Å²) in [6, 6.07) is 6.31. The third-order valence-electron chi connectivity index (χ3n) is 4.06. The SMILES string of the molecule is COC(=O)C(C)(N)CC(=O)[C@H](Cc1ccc(OC(C)(C)C)cc1)NC(=O)OC(C)(C)C. The van der Waals surface area contributed by atoms with E-state index in [-0.39, 0.29) is 18.4 Å². The minimum atomic E-state index is -1.51. The number of nitrogens with two attached hydrogens (primary N) is 1. The molecule has 8 nitrogen and oxygen atoms in total. The molecular formula is C23H36N2O6. The van der Waals surface area contributed by atoms with Gasteiger partial charge in [0.15, 0.2) is 5.78 Å². The minimum absolute atomic E-state index is 0.200. The van der Waals surface area contributed by atoms with Crippen molar-refractivity contribution in [1.82, 2.24) is 5.32 Å². The maximum absolute atomic E-state index is 13.0. The number of alkyl carbamates (subject to hydrolysis) is 1. The molecule has 0 aliphatic carbocycles. The van der Waals surface area contributed by atoms with Gasteiger partial charge >= 0.3 is 12.1 Å². The Morgan fingerprint density at radius 2 is 1.52 bits per heavy atom. The summed E-state index contributed by atoms with van der Waals surface area (Å²) in [5, 5.41) is 2.60. The molecule has 0 aromatic heterocycles. The van der Waals surface area contributed by atoms with Crippen molar-refractivity contribution in [2.24, 2.45) is 5.73 Å². The van der Waals surface area contributed by atoms with E-state index in [9.17, 15) is 14.4 Å². The van der Waals surface area contributed by atoms with Crippen LogP contribution in [0.15, 0.2) is 24.3 Å². The monoisotopic (exact) mass is 436 g/mol. The maximum Gasteiger partial charge on any atom is 0.408 e. The fraction of sp³-hybridized carbons (Fsp3) is 0.609. The van der Waals surface area contributed by atoms with Crippen LogP contribution in [-0.2, 0) is 25.5 Å². The molecule has 1 unspecified atom stereocenters. The van der Waals surface area contributed by atoms with Crippen LogP contribution in [0.2, 0.25) is 0 Å². The molecule has 1 aromatic carbocycles. The zero-order valence-corrected chi connectivity index (χ0v) is 19.8. The number of carbonyl (C=O) groups is 3. The van der Waals surface area contributed by atoms with Crippen LogP contribution in [0.25, 0.3) is 0 Å². The molecule has 31 heavy (non-hydrogen) atoms. The second-order valence-corrected chi connectivity index (χ2v) is 9.81. The molecule has 2 atom stereocenters. The van der Waals surface area contributed by atoms with Crippen LogP contribution in [0.4, 0.5) is 4.79 Å². The van der Waals surface area contributed by atoms with Gasteiger partial charge in [-0.2, -0.15) is 0 Å². The molecule has 0 heterocycles. The molecule has 1 aromatic rings. The van der Waals surface area contributed by atoms with Gasteiger partial charge in [-0.25, -0.2) is 4.79 Å². The van der Waals surface area contributed by atoms with Gasteiger partial charge in [-0.1, -0.05) is 12.1 Å². The molecule has 0 aliphatic rings. The van der Waals surface area contributed by atoms with Crippen molar-refractivity contribution < 1.29 is 28.6 Å². The van der Waals surface area contributed by atoms with Gasteiger partial charge in [0.1, 0.15) is 22.5 Å². The van der Waals surface area contributed by atoms with Gasteiger partial charge < -0.3 is 25.3 Å². The third kappa shape index (κ3) is 9.83. The van der Waals surface area contributed by atoms with Gasteiger partial charge in [0.25, 0.3) is 0 Å². The standard InChI is InChI=1S/C23H36N2O6/c1-21(2,3)30-16-11-9-15(10-12-16)13-17(25-20(28)31-22(4,5)6)18(26)14-23(7,24)19(27)29-8/h9-12,17H,13-14,24H2,1-8H3,(H,25,28)/t17-,23?/m0/s1. The van der Waals surface area contributed by atoms with Crippen LogP contribution in [0.3, 0.4) is 0 Å². The van der Waals surface area contributed by atoms with Gasteiger partial charge in [-0.15, -0.1) is 0 Å². The van der Waals surface area contributed by atoms with E-state index in [1.54, 1.807) is 32.9 Å². The lowest BCUT2D eigenvalue weighted by molar-refractivity contribution is -0.148. The number of Topliss-reactive ketones (excluding diaryl/α,β-unsaturated/α-hetero) is 1. The number of ketones is 1. The van der Waals surface area contributed by atoms with Crippen molar-refractivity contribution in [3.05, 3.63) is 29.8 Å². The molecule has 1 rings (SSSR count). The number of amides is 1. The fourth-order valence-electron chi connectivity index (χ4n) is 2.77. The summed E-state index contributed by atoms with van der Waals surface area (Å²) in [5.74, 6) is -0.420. The first-order chi connectivity index (χ1) is 14.0. The normalized spacial score (nSPS) is 14.7. The van der Waals surface area contributed by atoms with E-state index in [1.165, 1.54) is 14.0 Å². The van der Waals surface area contributed by atoms with Gasteiger partial charge in [-0.3, -0.25) is 9.59 Å². The smallest absolute Gasteiger partial charge is 0.408 e. The van der Waals surface area contributed by atoms with Gasteiger partial charge in [0.05, 0.1) is 13.2 Å². The molecular weight excluding hydrogens is 400 g/mol. The Labute approximate surface area is 184 Å². The topological polar surface area (TPSA) is 117 Å². The van der Waals surface area contributed by atoms with Crippen LogP contribution >= 0.6 is 0 Å². The summed E-state index contributed by atoms with van der Waals surface area (Å²) in [6.07, 6.45) is -0.827. The average Bonchev–Trinajstić information content (AvgIpc) is 2.58. The van der Waals surface area contributed by atoms with Crippen molar-refractivity contribution in [1.29, 1.82) is 0 Å². The largest absolute Gasteiger partial charge is 0.488 e. The number of esters is 1. The van der Waals surface area contributed by atoms with E-state index in [2.05, 4.69) is 10.1 Å². The highest BCUT2D eigenvalue weighted by molar-refractivity contribution is 5.93. The number of hydrogen-bond acceptors (Lipinski definition) is 7. The summed E-state index contributed by atoms with van der Waals surface area (Å²) in [5.41, 5.74) is 4.19. The highest BCUT2D eigenvalue weighted by Gasteiger charge is 2.35. The Bertz CT molecular complexity index is 773. The number of hydrogen-bond donors (Lipinski definition) is 2. The summed E-state index contributed by atoms with van der Waals surface area (Å²) >= 11 is 0. The van der Waals surface area contributed by atoms with Gasteiger partial charge in [0.2, 0.25) is 0 Å². The number of carbonyl (C=O) groups excluding carboxylic acids is 3. The van der Waals surface area contributed by atoms with Crippen LogP contribution in [-0.4, -0.2) is 47.7 Å². The van der Waals surface area contributed by atoms with E-state index in [0.717, 1.165) is 5.56 Å². The number of methoxy groups -OCH3 is 1. The molecule has 0 saturated carbocycles. The second kappa shape index (κ2) is 10.1. The molecule has 0 spiro atoms. The van der Waals surface area contributed by atoms with Crippen LogP contribution in [0, 0.1) is 0 Å². The predicted molar refractivity (Wildman–Crippen MR) is 118 cm³/mol. The van der Waals surface area contributed by atoms with Crippen molar-refractivity contribution in [3.63, 3.8) is 0 Å². The summed E-state index contributed by atoms with van der Waals surface area (Å²) < 4.78 is 15.8. The quantitative estimate of drug-likeness (QED) is 0.601. The van der Waals surface area contributed by atoms with Crippen molar-refractivity contribution >= 4 is 17.8 Å². The first-order valence-corrected chi connectivity index (χ1v) is 10.2. The highest BCUT2D eigenvalue weighted by Crippen LogP contribution is 2.20. The zero-order valence-electron chi connectivity index (χ0n) is 19.8. The van der Waals surface area contributed by atoms with Crippen molar-refractivity contribution in [2.75, 3.05) is 7.11 Å². The summed E-state index contributed by atoms with van der Waals surface area (Å²) in [6.45, 7) is 12.4. The molecule has 3 N–H and O–H groups in total. The van der Waals surface area contributed by atoms with E-state index in [4.69, 9.17) is 15.2 Å². The van der Waals surface area contributed by atoms with Crippen molar-refractivity contribution in [3.8, 4) is 5.75 Å². The second-order valence-electron chi connectivity index (χ2n) is 9.81. The average molecular weight is 437 g/mol. The predicted octanol–water partition coefficient (Wildman–Crippen LogP) is 3.15. The fourth-order valence-corrected chi connectivity index (χ4v) is 2.77. The Kier molecular flexibility index (Phi) is 8.64. The first kappa shape index (κ1) is 26.4. The minimum Gasteiger partial charge on any atom is -0.488 e. The molecule has 8 heteroatoms. The summed E-state index contributed by atoms with van der Waals surface area (Å²) in [4.78, 5) is 37.1. The molecule has 0 fully saturated rings. The lowest BCUT2D eigenvalue weighted by atomic mass is 9.91. The Balaban J connectivity index is 3.03. The Morgan fingerprint density at radius 3 is 1.97 bits per heavy atom. The zero-order chi connectivity index (χ0) is 24.0. The van der Waals surface area contributed by atoms with Crippen LogP contribution < -0.4 is 15.8 Å². The van der Waals surface area contributed by atoms with E-state index in [1.807, 2.05) is 32.9 Å². The molecule has 0 aliphatic heterocycles. The highest BCUT2D eigenvalue weighted by atomic mass is 16.6. The molecule has 174 valence electrons.